The van der Waals surface area contributed by atoms with Gasteiger partial charge in [0.05, 0.1) is 0 Å². The SMILES string of the molecule is [CH-]=O.[Rh].c1ccc(CN(Cc2ccccc2)Cc2ccccc2)cc1.c1ccc(CN(Cc2ccccc2)Cc2ccccc2)cc1.c1ccc(CN(Cc2ccccc2)Cc2ccccc2)cc1. The Bertz CT molecular complexity index is 2020. The minimum atomic E-state index is 0. The van der Waals surface area contributed by atoms with E-state index in [4.69, 9.17) is 4.79 Å². The largest absolute Gasteiger partial charge is 0.545 e. The smallest absolute Gasteiger partial charge is 0.0240 e. The molecule has 0 aliphatic rings. The van der Waals surface area contributed by atoms with E-state index in [0.717, 1.165) is 58.9 Å². The van der Waals surface area contributed by atoms with Crippen LogP contribution in [0, 0.1) is 0 Å². The number of nitrogens with zero attached hydrogens (tertiary/aromatic N) is 3. The van der Waals surface area contributed by atoms with E-state index in [2.05, 4.69) is 294 Å². The van der Waals surface area contributed by atoms with Crippen LogP contribution in [0.2, 0.25) is 0 Å². The maximum atomic E-state index is 7.75. The monoisotopic (exact) mass is 993 g/mol. The summed E-state index contributed by atoms with van der Waals surface area (Å²) >= 11 is 0. The Hall–Kier alpha value is -6.85. The van der Waals surface area contributed by atoms with Gasteiger partial charge in [-0.25, -0.2) is 0 Å². The molecule has 0 heterocycles. The summed E-state index contributed by atoms with van der Waals surface area (Å²) < 4.78 is 0. The van der Waals surface area contributed by atoms with E-state index in [1.165, 1.54) is 50.1 Å². The fourth-order valence-electron chi connectivity index (χ4n) is 8.08. The molecule has 0 aliphatic carbocycles. The molecular formula is C64H64N3ORh-. The molecule has 0 amide bonds. The number of carbonyl (C=O) groups excluding carboxylic acids is 1. The molecular weight excluding hydrogens is 930 g/mol. The molecule has 5 heteroatoms. The van der Waals surface area contributed by atoms with Crippen molar-refractivity contribution in [2.45, 2.75) is 58.9 Å². The van der Waals surface area contributed by atoms with Gasteiger partial charge in [-0.3, -0.25) is 21.5 Å². The van der Waals surface area contributed by atoms with E-state index in [1.807, 2.05) is 0 Å². The predicted octanol–water partition coefficient (Wildman–Crippen LogP) is 14.4. The van der Waals surface area contributed by atoms with Gasteiger partial charge in [0, 0.05) is 78.4 Å². The summed E-state index contributed by atoms with van der Waals surface area (Å²) in [5.74, 6) is 0. The molecule has 4 nitrogen and oxygen atoms in total. The molecule has 0 unspecified atom stereocenters. The van der Waals surface area contributed by atoms with E-state index >= 15 is 0 Å². The predicted molar refractivity (Wildman–Crippen MR) is 284 cm³/mol. The quantitative estimate of drug-likeness (QED) is 0.0486. The summed E-state index contributed by atoms with van der Waals surface area (Å²) in [6.07, 6.45) is 0. The van der Waals surface area contributed by atoms with Gasteiger partial charge in [-0.05, 0) is 50.1 Å². The summed E-state index contributed by atoms with van der Waals surface area (Å²) in [5.41, 5.74) is 12.2. The van der Waals surface area contributed by atoms with Crippen LogP contribution >= 0.6 is 0 Å². The van der Waals surface area contributed by atoms with Crippen molar-refractivity contribution in [3.8, 4) is 0 Å². The topological polar surface area (TPSA) is 26.8 Å². The van der Waals surface area contributed by atoms with Crippen molar-refractivity contribution < 1.29 is 24.3 Å². The average Bonchev–Trinajstić information content (AvgIpc) is 3.40. The summed E-state index contributed by atoms with van der Waals surface area (Å²) in [7, 11) is 0. The molecule has 9 rings (SSSR count). The second-order valence-corrected chi connectivity index (χ2v) is 16.8. The molecule has 0 atom stereocenters. The van der Waals surface area contributed by atoms with E-state index < -0.39 is 0 Å². The zero-order valence-electron chi connectivity index (χ0n) is 39.5. The molecule has 0 saturated carbocycles. The van der Waals surface area contributed by atoms with Crippen LogP contribution in [-0.4, -0.2) is 21.5 Å². The van der Waals surface area contributed by atoms with Crippen LogP contribution in [-0.2, 0) is 83.2 Å². The molecule has 0 aliphatic heterocycles. The van der Waals surface area contributed by atoms with Gasteiger partial charge in [-0.2, -0.15) is 0 Å². The standard InChI is InChI=1S/3C21H21N.CHO.Rh/c3*1-4-10-19(11-5-1)16-22(17-20-12-6-2-7-13-20)18-21-14-8-3-9-15-21;1-2;/h3*1-15H,16-18H2;1H;/q;;;-1;. The Morgan fingerprint density at radius 3 is 0.362 bits per heavy atom. The van der Waals surface area contributed by atoms with Gasteiger partial charge in [-0.15, -0.1) is 0 Å². The average molecular weight is 994 g/mol. The minimum Gasteiger partial charge on any atom is -0.545 e. The van der Waals surface area contributed by atoms with Gasteiger partial charge in [-0.1, -0.05) is 273 Å². The van der Waals surface area contributed by atoms with Gasteiger partial charge in [0.15, 0.2) is 0 Å². The number of hydrogen-bond donors (Lipinski definition) is 0. The minimum absolute atomic E-state index is 0. The van der Waals surface area contributed by atoms with Crippen molar-refractivity contribution >= 4 is 6.79 Å². The molecule has 0 bridgehead atoms. The van der Waals surface area contributed by atoms with E-state index in [0.29, 0.717) is 0 Å². The second kappa shape index (κ2) is 32.0. The summed E-state index contributed by atoms with van der Waals surface area (Å²) in [6, 6.07) is 96.2. The number of hydrogen-bond acceptors (Lipinski definition) is 4. The van der Waals surface area contributed by atoms with Crippen LogP contribution < -0.4 is 0 Å². The molecule has 0 saturated heterocycles. The van der Waals surface area contributed by atoms with E-state index in [1.54, 1.807) is 0 Å². The van der Waals surface area contributed by atoms with Crippen LogP contribution in [0.4, 0.5) is 0 Å². The van der Waals surface area contributed by atoms with Crippen molar-refractivity contribution in [1.29, 1.82) is 0 Å². The Morgan fingerprint density at radius 2 is 0.275 bits per heavy atom. The van der Waals surface area contributed by atoms with Gasteiger partial charge in [0.25, 0.3) is 0 Å². The van der Waals surface area contributed by atoms with Crippen LogP contribution in [0.25, 0.3) is 0 Å². The third-order valence-electron chi connectivity index (χ3n) is 11.2. The third-order valence-corrected chi connectivity index (χ3v) is 11.2. The summed E-state index contributed by atoms with van der Waals surface area (Å²) in [4.78, 5) is 15.2. The zero-order chi connectivity index (χ0) is 47.1. The molecule has 351 valence electrons. The Balaban J connectivity index is 0.000000188. The molecule has 0 aromatic heterocycles. The molecule has 1 radical (unpaired) electrons. The Kier molecular flexibility index (Phi) is 24.6. The van der Waals surface area contributed by atoms with Crippen LogP contribution in [0.5, 0.6) is 0 Å². The fraction of sp³-hybridized carbons (Fsp3) is 0.141. The maximum absolute atomic E-state index is 7.75. The van der Waals surface area contributed by atoms with Crippen LogP contribution in [0.15, 0.2) is 273 Å². The van der Waals surface area contributed by atoms with E-state index in [-0.39, 0.29) is 19.5 Å². The maximum Gasteiger partial charge on any atom is 0.0240 e. The first-order valence-corrected chi connectivity index (χ1v) is 23.5. The molecule has 69 heavy (non-hydrogen) atoms. The number of benzene rings is 9. The summed E-state index contributed by atoms with van der Waals surface area (Å²) in [6.45, 7) is 11.9. The molecule has 0 fully saturated rings. The summed E-state index contributed by atoms with van der Waals surface area (Å²) in [5, 5.41) is 0. The first-order valence-electron chi connectivity index (χ1n) is 23.5. The van der Waals surface area contributed by atoms with Crippen LogP contribution in [0.3, 0.4) is 0 Å². The molecule has 9 aromatic carbocycles. The van der Waals surface area contributed by atoms with Crippen molar-refractivity contribution in [2.24, 2.45) is 0 Å². The van der Waals surface area contributed by atoms with Gasteiger partial charge in [0.2, 0.25) is 0 Å². The molecule has 0 spiro atoms. The Labute approximate surface area is 425 Å². The van der Waals surface area contributed by atoms with Crippen LogP contribution in [0.1, 0.15) is 50.1 Å². The molecule has 0 N–H and O–H groups in total. The van der Waals surface area contributed by atoms with Gasteiger partial charge in [0.1, 0.15) is 0 Å². The number of rotatable bonds is 18. The van der Waals surface area contributed by atoms with Crippen molar-refractivity contribution in [1.82, 2.24) is 14.7 Å². The first-order chi connectivity index (χ1) is 33.7. The molecule has 9 aromatic rings. The Morgan fingerprint density at radius 1 is 0.188 bits per heavy atom. The van der Waals surface area contributed by atoms with Crippen molar-refractivity contribution in [3.63, 3.8) is 0 Å². The van der Waals surface area contributed by atoms with Crippen molar-refractivity contribution in [3.05, 3.63) is 323 Å². The van der Waals surface area contributed by atoms with Gasteiger partial charge < -0.3 is 4.79 Å². The van der Waals surface area contributed by atoms with Crippen molar-refractivity contribution in [2.75, 3.05) is 0 Å². The van der Waals surface area contributed by atoms with E-state index in [9.17, 15) is 0 Å². The zero-order valence-corrected chi connectivity index (χ0v) is 41.1. The fourth-order valence-corrected chi connectivity index (χ4v) is 8.08. The second-order valence-electron chi connectivity index (χ2n) is 16.8. The first kappa shape index (κ1) is 53.1. The normalized spacial score (nSPS) is 10.4. The third kappa shape index (κ3) is 20.9. The van der Waals surface area contributed by atoms with Gasteiger partial charge >= 0.3 is 0 Å².